The van der Waals surface area contributed by atoms with Gasteiger partial charge in [-0.25, -0.2) is 0 Å². The van der Waals surface area contributed by atoms with Crippen LogP contribution in [0.15, 0.2) is 0 Å². The number of aliphatic hydroxyl groups is 1. The molecule has 0 fully saturated rings. The van der Waals surface area contributed by atoms with Crippen LogP contribution >= 0.6 is 0 Å². The molecule has 3 nitrogen and oxygen atoms in total. The number of phenolic OH excluding ortho intramolecular Hbond substituents is 1. The molecule has 19 heavy (non-hydrogen) atoms. The van der Waals surface area contributed by atoms with Gasteiger partial charge in [0.15, 0.2) is 0 Å². The second kappa shape index (κ2) is 5.04. The molecule has 1 unspecified atom stereocenters. The Hall–Kier alpha value is -1.22. The molecule has 1 aliphatic rings. The maximum atomic E-state index is 10.1. The molecule has 0 bridgehead atoms. The number of hydrogen-bond acceptors (Lipinski definition) is 3. The minimum atomic E-state index is -0.201. The fourth-order valence-corrected chi connectivity index (χ4v) is 2.93. The molecule has 106 valence electrons. The summed E-state index contributed by atoms with van der Waals surface area (Å²) in [4.78, 5) is 0. The molecule has 0 spiro atoms. The van der Waals surface area contributed by atoms with E-state index in [2.05, 4.69) is 6.92 Å². The van der Waals surface area contributed by atoms with Gasteiger partial charge in [-0.3, -0.25) is 0 Å². The highest BCUT2D eigenvalue weighted by Crippen LogP contribution is 2.46. The summed E-state index contributed by atoms with van der Waals surface area (Å²) in [5.74, 6) is 1.36. The van der Waals surface area contributed by atoms with Crippen molar-refractivity contribution >= 4 is 0 Å². The second-order valence-corrected chi connectivity index (χ2v) is 5.94. The van der Waals surface area contributed by atoms with Gasteiger partial charge in [-0.05, 0) is 63.6 Å². The van der Waals surface area contributed by atoms with Crippen LogP contribution in [-0.2, 0) is 6.42 Å². The zero-order valence-corrected chi connectivity index (χ0v) is 12.3. The van der Waals surface area contributed by atoms with Gasteiger partial charge in [-0.1, -0.05) is 0 Å². The number of ether oxygens (including phenoxy) is 1. The van der Waals surface area contributed by atoms with E-state index >= 15 is 0 Å². The van der Waals surface area contributed by atoms with Gasteiger partial charge in [-0.2, -0.15) is 0 Å². The van der Waals surface area contributed by atoms with Crippen molar-refractivity contribution in [2.45, 2.75) is 59.0 Å². The number of unbranched alkanes of at least 4 members (excludes halogenated alkanes) is 1. The van der Waals surface area contributed by atoms with E-state index in [4.69, 9.17) is 9.84 Å². The third-order valence-corrected chi connectivity index (χ3v) is 4.35. The Kier molecular flexibility index (Phi) is 3.77. The van der Waals surface area contributed by atoms with Gasteiger partial charge in [0.25, 0.3) is 0 Å². The largest absolute Gasteiger partial charge is 0.507 e. The maximum Gasteiger partial charge on any atom is 0.127 e. The summed E-state index contributed by atoms with van der Waals surface area (Å²) in [7, 11) is 0. The molecule has 1 heterocycles. The van der Waals surface area contributed by atoms with Gasteiger partial charge in [0.2, 0.25) is 0 Å². The molecule has 0 aliphatic carbocycles. The maximum absolute atomic E-state index is 10.1. The molecule has 1 atom stereocenters. The zero-order chi connectivity index (χ0) is 14.2. The molecular formula is C16H24O3. The Labute approximate surface area is 115 Å². The lowest BCUT2D eigenvalue weighted by molar-refractivity contribution is 0.0992. The molecule has 3 heteroatoms. The van der Waals surface area contributed by atoms with Gasteiger partial charge >= 0.3 is 0 Å². The second-order valence-electron chi connectivity index (χ2n) is 5.94. The number of rotatable bonds is 4. The van der Waals surface area contributed by atoms with E-state index in [-0.39, 0.29) is 12.2 Å². The number of fused-ring (bicyclic) bond motifs is 1. The van der Waals surface area contributed by atoms with Crippen molar-refractivity contribution in [3.05, 3.63) is 22.3 Å². The van der Waals surface area contributed by atoms with Crippen molar-refractivity contribution in [1.82, 2.24) is 0 Å². The zero-order valence-electron chi connectivity index (χ0n) is 12.3. The number of benzene rings is 1. The van der Waals surface area contributed by atoms with Crippen LogP contribution in [0.4, 0.5) is 0 Å². The van der Waals surface area contributed by atoms with E-state index in [0.717, 1.165) is 53.7 Å². The number of hydrogen-bond donors (Lipinski definition) is 2. The summed E-state index contributed by atoms with van der Waals surface area (Å²) >= 11 is 0. The molecule has 2 rings (SSSR count). The first kappa shape index (κ1) is 14.2. The fraction of sp³-hybridized carbons (Fsp3) is 0.625. The third-order valence-electron chi connectivity index (χ3n) is 4.35. The Bertz CT molecular complexity index is 455. The lowest BCUT2D eigenvalue weighted by Gasteiger charge is -2.24. The van der Waals surface area contributed by atoms with E-state index in [9.17, 15) is 5.11 Å². The van der Waals surface area contributed by atoms with Crippen molar-refractivity contribution in [2.75, 3.05) is 6.61 Å². The molecule has 1 aromatic rings. The first-order chi connectivity index (χ1) is 8.89. The molecule has 0 saturated carbocycles. The van der Waals surface area contributed by atoms with E-state index in [1.807, 2.05) is 20.8 Å². The van der Waals surface area contributed by atoms with Crippen LogP contribution in [0.5, 0.6) is 11.5 Å². The number of phenols is 1. The summed E-state index contributed by atoms with van der Waals surface area (Å²) in [5.41, 5.74) is 3.85. The quantitative estimate of drug-likeness (QED) is 0.821. The minimum absolute atomic E-state index is 0.201. The Balaban J connectivity index is 2.29. The van der Waals surface area contributed by atoms with Gasteiger partial charge < -0.3 is 14.9 Å². The van der Waals surface area contributed by atoms with E-state index in [1.165, 1.54) is 0 Å². The van der Waals surface area contributed by atoms with Crippen LogP contribution in [0, 0.1) is 20.8 Å². The molecule has 1 aromatic carbocycles. The Morgan fingerprint density at radius 1 is 1.11 bits per heavy atom. The lowest BCUT2D eigenvalue weighted by atomic mass is 9.90. The average Bonchev–Trinajstić information content (AvgIpc) is 2.73. The summed E-state index contributed by atoms with van der Waals surface area (Å²) in [6.07, 6.45) is 3.55. The van der Waals surface area contributed by atoms with Crippen molar-refractivity contribution < 1.29 is 14.9 Å². The standard InChI is InChI=1S/C16H24O3/c1-10-11(2)15-13(12(3)14(10)18)9-16(4,19-15)7-5-6-8-17/h17-18H,5-9H2,1-4H3. The van der Waals surface area contributed by atoms with E-state index in [0.29, 0.717) is 5.75 Å². The van der Waals surface area contributed by atoms with Crippen LogP contribution in [0.2, 0.25) is 0 Å². The number of aromatic hydroxyl groups is 1. The third kappa shape index (κ3) is 2.44. The van der Waals surface area contributed by atoms with Crippen LogP contribution in [0.3, 0.4) is 0 Å². The molecule has 1 aliphatic heterocycles. The number of aliphatic hydroxyl groups excluding tert-OH is 1. The van der Waals surface area contributed by atoms with Crippen molar-refractivity contribution in [3.63, 3.8) is 0 Å². The van der Waals surface area contributed by atoms with Crippen molar-refractivity contribution in [2.24, 2.45) is 0 Å². The molecular weight excluding hydrogens is 240 g/mol. The smallest absolute Gasteiger partial charge is 0.127 e. The minimum Gasteiger partial charge on any atom is -0.507 e. The lowest BCUT2D eigenvalue weighted by Crippen LogP contribution is -2.30. The fourth-order valence-electron chi connectivity index (χ4n) is 2.93. The summed E-state index contributed by atoms with van der Waals surface area (Å²) in [6, 6.07) is 0. The first-order valence-corrected chi connectivity index (χ1v) is 7.01. The highest BCUT2D eigenvalue weighted by molar-refractivity contribution is 5.59. The van der Waals surface area contributed by atoms with Crippen LogP contribution < -0.4 is 4.74 Å². The normalized spacial score (nSPS) is 21.3. The van der Waals surface area contributed by atoms with Crippen molar-refractivity contribution in [3.8, 4) is 11.5 Å². The molecule has 0 saturated heterocycles. The Morgan fingerprint density at radius 2 is 1.79 bits per heavy atom. The van der Waals surface area contributed by atoms with Crippen LogP contribution in [-0.4, -0.2) is 22.4 Å². The first-order valence-electron chi connectivity index (χ1n) is 7.01. The van der Waals surface area contributed by atoms with Crippen LogP contribution in [0.25, 0.3) is 0 Å². The van der Waals surface area contributed by atoms with Crippen LogP contribution in [0.1, 0.15) is 48.4 Å². The summed E-state index contributed by atoms with van der Waals surface area (Å²) < 4.78 is 6.20. The predicted octanol–water partition coefficient (Wildman–Crippen LogP) is 3.17. The van der Waals surface area contributed by atoms with Gasteiger partial charge in [0, 0.05) is 18.6 Å². The van der Waals surface area contributed by atoms with Gasteiger partial charge in [0.1, 0.15) is 17.1 Å². The average molecular weight is 264 g/mol. The predicted molar refractivity (Wildman–Crippen MR) is 76.0 cm³/mol. The molecule has 0 radical (unpaired) electrons. The van der Waals surface area contributed by atoms with Gasteiger partial charge in [-0.15, -0.1) is 0 Å². The SMILES string of the molecule is Cc1c(C)c2c(c(C)c1O)CC(C)(CCCCO)O2. The summed E-state index contributed by atoms with van der Waals surface area (Å²) in [5, 5.41) is 19.0. The Morgan fingerprint density at radius 3 is 2.42 bits per heavy atom. The van der Waals surface area contributed by atoms with E-state index in [1.54, 1.807) is 0 Å². The summed E-state index contributed by atoms with van der Waals surface area (Å²) in [6.45, 7) is 8.26. The highest BCUT2D eigenvalue weighted by atomic mass is 16.5. The van der Waals surface area contributed by atoms with Gasteiger partial charge in [0.05, 0.1) is 0 Å². The topological polar surface area (TPSA) is 49.7 Å². The van der Waals surface area contributed by atoms with E-state index < -0.39 is 0 Å². The monoisotopic (exact) mass is 264 g/mol. The molecule has 0 aromatic heterocycles. The van der Waals surface area contributed by atoms with Crippen molar-refractivity contribution in [1.29, 1.82) is 0 Å². The molecule has 2 N–H and O–H groups in total. The molecule has 0 amide bonds. The highest BCUT2D eigenvalue weighted by Gasteiger charge is 2.37.